The van der Waals surface area contributed by atoms with Gasteiger partial charge in [-0.25, -0.2) is 0 Å². The minimum atomic E-state index is -0.340. The highest BCUT2D eigenvalue weighted by Gasteiger charge is 2.12. The Hall–Kier alpha value is -1.34. The summed E-state index contributed by atoms with van der Waals surface area (Å²) in [5.41, 5.74) is 2.14. The summed E-state index contributed by atoms with van der Waals surface area (Å²) in [5.74, 6) is -0.340. The molecule has 0 aliphatic rings. The Morgan fingerprint density at radius 1 is 1.60 bits per heavy atom. The van der Waals surface area contributed by atoms with Crippen molar-refractivity contribution >= 4 is 21.9 Å². The molecule has 0 unspecified atom stereocenters. The first-order valence-electron chi connectivity index (χ1n) is 4.35. The quantitative estimate of drug-likeness (QED) is 0.773. The van der Waals surface area contributed by atoms with Gasteiger partial charge in [-0.1, -0.05) is 15.9 Å². The van der Waals surface area contributed by atoms with Gasteiger partial charge in [0.15, 0.2) is 0 Å². The summed E-state index contributed by atoms with van der Waals surface area (Å²) < 4.78 is 5.47. The van der Waals surface area contributed by atoms with Gasteiger partial charge in [0.05, 0.1) is 25.2 Å². The molecule has 0 N–H and O–H groups in total. The van der Waals surface area contributed by atoms with Gasteiger partial charge in [-0.3, -0.25) is 4.79 Å². The first-order chi connectivity index (χ1) is 7.10. The molecule has 0 aliphatic heterocycles. The van der Waals surface area contributed by atoms with Crippen LogP contribution in [0.25, 0.3) is 0 Å². The third-order valence-corrected chi connectivity index (χ3v) is 3.06. The molecule has 15 heavy (non-hydrogen) atoms. The van der Waals surface area contributed by atoms with E-state index in [9.17, 15) is 4.79 Å². The van der Waals surface area contributed by atoms with E-state index in [1.165, 1.54) is 7.11 Å². The van der Waals surface area contributed by atoms with Gasteiger partial charge in [0.25, 0.3) is 0 Å². The maximum absolute atomic E-state index is 11.2. The van der Waals surface area contributed by atoms with Gasteiger partial charge in [0.2, 0.25) is 0 Å². The van der Waals surface area contributed by atoms with Gasteiger partial charge in [0, 0.05) is 4.47 Å². The average molecular weight is 268 g/mol. The minimum Gasteiger partial charge on any atom is -0.469 e. The zero-order valence-electron chi connectivity index (χ0n) is 8.50. The number of nitrogens with zero attached hydrogens (tertiary/aromatic N) is 1. The SMILES string of the molecule is COC(=O)Cc1c(C#N)ccc(Br)c1C. The van der Waals surface area contributed by atoms with Crippen LogP contribution in [-0.2, 0) is 16.0 Å². The molecule has 0 heterocycles. The van der Waals surface area contributed by atoms with Crippen molar-refractivity contribution in [2.45, 2.75) is 13.3 Å². The molecule has 0 aliphatic carbocycles. The van der Waals surface area contributed by atoms with Crippen molar-refractivity contribution < 1.29 is 9.53 Å². The van der Waals surface area contributed by atoms with E-state index in [1.54, 1.807) is 12.1 Å². The fraction of sp³-hybridized carbons (Fsp3) is 0.273. The summed E-state index contributed by atoms with van der Waals surface area (Å²) in [6.45, 7) is 1.86. The highest BCUT2D eigenvalue weighted by Crippen LogP contribution is 2.23. The van der Waals surface area contributed by atoms with Crippen LogP contribution in [0.5, 0.6) is 0 Å². The molecular weight excluding hydrogens is 258 g/mol. The predicted molar refractivity (Wildman–Crippen MR) is 59.3 cm³/mol. The number of rotatable bonds is 2. The third kappa shape index (κ3) is 2.57. The number of hydrogen-bond acceptors (Lipinski definition) is 3. The molecule has 1 aromatic carbocycles. The van der Waals surface area contributed by atoms with E-state index in [0.717, 1.165) is 15.6 Å². The number of halogens is 1. The van der Waals surface area contributed by atoms with Gasteiger partial charge in [-0.05, 0) is 30.2 Å². The number of ether oxygens (including phenoxy) is 1. The molecule has 4 heteroatoms. The lowest BCUT2D eigenvalue weighted by Crippen LogP contribution is -2.08. The number of methoxy groups -OCH3 is 1. The molecule has 1 rings (SSSR count). The van der Waals surface area contributed by atoms with Gasteiger partial charge in [0.1, 0.15) is 0 Å². The van der Waals surface area contributed by atoms with E-state index >= 15 is 0 Å². The maximum atomic E-state index is 11.2. The maximum Gasteiger partial charge on any atom is 0.310 e. The van der Waals surface area contributed by atoms with Crippen LogP contribution in [0.1, 0.15) is 16.7 Å². The Labute approximate surface area is 96.8 Å². The molecule has 0 fully saturated rings. The van der Waals surface area contributed by atoms with E-state index in [4.69, 9.17) is 5.26 Å². The van der Waals surface area contributed by atoms with Crippen LogP contribution in [-0.4, -0.2) is 13.1 Å². The van der Waals surface area contributed by atoms with Crippen molar-refractivity contribution in [1.29, 1.82) is 5.26 Å². The van der Waals surface area contributed by atoms with E-state index < -0.39 is 0 Å². The fourth-order valence-electron chi connectivity index (χ4n) is 1.28. The minimum absolute atomic E-state index is 0.130. The summed E-state index contributed by atoms with van der Waals surface area (Å²) in [7, 11) is 1.34. The zero-order chi connectivity index (χ0) is 11.4. The smallest absolute Gasteiger partial charge is 0.310 e. The Kier molecular flexibility index (Phi) is 3.87. The second kappa shape index (κ2) is 4.94. The molecule has 3 nitrogen and oxygen atoms in total. The predicted octanol–water partition coefficient (Wildman–Crippen LogP) is 2.34. The summed E-state index contributed by atoms with van der Waals surface area (Å²) in [4.78, 5) is 11.2. The van der Waals surface area contributed by atoms with Crippen LogP contribution in [0, 0.1) is 18.3 Å². The molecule has 0 saturated heterocycles. The van der Waals surface area contributed by atoms with E-state index in [2.05, 4.69) is 26.7 Å². The van der Waals surface area contributed by atoms with Crippen LogP contribution in [0.2, 0.25) is 0 Å². The van der Waals surface area contributed by atoms with Crippen LogP contribution in [0.15, 0.2) is 16.6 Å². The molecule has 78 valence electrons. The highest BCUT2D eigenvalue weighted by molar-refractivity contribution is 9.10. The number of hydrogen-bond donors (Lipinski definition) is 0. The van der Waals surface area contributed by atoms with E-state index in [1.807, 2.05) is 6.92 Å². The second-order valence-electron chi connectivity index (χ2n) is 3.06. The summed E-state index contributed by atoms with van der Waals surface area (Å²) in [5, 5.41) is 8.90. The topological polar surface area (TPSA) is 50.1 Å². The van der Waals surface area contributed by atoms with Gasteiger partial charge in [-0.15, -0.1) is 0 Å². The lowest BCUT2D eigenvalue weighted by molar-refractivity contribution is -0.139. The van der Waals surface area contributed by atoms with Gasteiger partial charge >= 0.3 is 5.97 Å². The summed E-state index contributed by atoms with van der Waals surface area (Å²) in [6, 6.07) is 5.55. The largest absolute Gasteiger partial charge is 0.469 e. The van der Waals surface area contributed by atoms with Crippen molar-refractivity contribution in [2.24, 2.45) is 0 Å². The van der Waals surface area contributed by atoms with Crippen LogP contribution < -0.4 is 0 Å². The van der Waals surface area contributed by atoms with Crippen molar-refractivity contribution in [3.8, 4) is 6.07 Å². The van der Waals surface area contributed by atoms with Crippen LogP contribution >= 0.6 is 15.9 Å². The van der Waals surface area contributed by atoms with E-state index in [-0.39, 0.29) is 12.4 Å². The fourth-order valence-corrected chi connectivity index (χ4v) is 1.65. The van der Waals surface area contributed by atoms with Crippen molar-refractivity contribution in [1.82, 2.24) is 0 Å². The molecular formula is C11H10BrNO2. The van der Waals surface area contributed by atoms with Crippen molar-refractivity contribution in [3.63, 3.8) is 0 Å². The highest BCUT2D eigenvalue weighted by atomic mass is 79.9. The average Bonchev–Trinajstić information content (AvgIpc) is 2.25. The van der Waals surface area contributed by atoms with Crippen LogP contribution in [0.3, 0.4) is 0 Å². The second-order valence-corrected chi connectivity index (χ2v) is 3.92. The number of nitriles is 1. The molecule has 0 atom stereocenters. The lowest BCUT2D eigenvalue weighted by atomic mass is 10.00. The van der Waals surface area contributed by atoms with Gasteiger partial charge < -0.3 is 4.74 Å². The standard InChI is InChI=1S/C11H10BrNO2/c1-7-9(5-11(14)15-2)8(6-13)3-4-10(7)12/h3-4H,5H2,1-2H3. The molecule has 0 bridgehead atoms. The van der Waals surface area contributed by atoms with Crippen molar-refractivity contribution in [3.05, 3.63) is 33.3 Å². The normalized spacial score (nSPS) is 9.47. The number of benzene rings is 1. The summed E-state index contributed by atoms with van der Waals surface area (Å²) >= 11 is 3.36. The number of carbonyl (C=O) groups is 1. The first kappa shape index (κ1) is 11.7. The first-order valence-corrected chi connectivity index (χ1v) is 5.14. The molecule has 0 spiro atoms. The number of carbonyl (C=O) groups excluding carboxylic acids is 1. The lowest BCUT2D eigenvalue weighted by Gasteiger charge is -2.08. The van der Waals surface area contributed by atoms with E-state index in [0.29, 0.717) is 5.56 Å². The van der Waals surface area contributed by atoms with Crippen LogP contribution in [0.4, 0.5) is 0 Å². The Morgan fingerprint density at radius 2 is 2.27 bits per heavy atom. The zero-order valence-corrected chi connectivity index (χ0v) is 10.1. The molecule has 0 amide bonds. The van der Waals surface area contributed by atoms with Gasteiger partial charge in [-0.2, -0.15) is 5.26 Å². The Balaban J connectivity index is 3.19. The molecule has 1 aromatic rings. The Morgan fingerprint density at radius 3 is 2.80 bits per heavy atom. The Bertz CT molecular complexity index is 435. The van der Waals surface area contributed by atoms with Crippen molar-refractivity contribution in [2.75, 3.05) is 7.11 Å². The molecule has 0 aromatic heterocycles. The third-order valence-electron chi connectivity index (χ3n) is 2.20. The number of esters is 1. The molecule has 0 saturated carbocycles. The molecule has 0 radical (unpaired) electrons. The summed E-state index contributed by atoms with van der Waals surface area (Å²) in [6.07, 6.45) is 0.130. The monoisotopic (exact) mass is 267 g/mol.